The largest absolute Gasteiger partial charge is 0.497 e. The molecule has 2 N–H and O–H groups in total. The van der Waals surface area contributed by atoms with Gasteiger partial charge in [-0.25, -0.2) is 0 Å². The Morgan fingerprint density at radius 1 is 1.19 bits per heavy atom. The van der Waals surface area contributed by atoms with E-state index >= 15 is 0 Å². The van der Waals surface area contributed by atoms with Crippen molar-refractivity contribution >= 4 is 10.9 Å². The first-order valence-corrected chi connectivity index (χ1v) is 11.0. The van der Waals surface area contributed by atoms with Crippen molar-refractivity contribution in [3.05, 3.63) is 59.8 Å². The fraction of sp³-hybridized carbons (Fsp3) is 0.440. The number of aryl methyl sites for hydroxylation is 1. The number of nitrogens with zero attached hydrogens (tertiary/aromatic N) is 2. The maximum Gasteiger partial charge on any atom is 0.129 e. The van der Waals surface area contributed by atoms with E-state index in [1.54, 1.807) is 7.11 Å². The van der Waals surface area contributed by atoms with Crippen molar-refractivity contribution in [2.75, 3.05) is 26.7 Å². The van der Waals surface area contributed by atoms with Crippen molar-refractivity contribution in [3.8, 4) is 11.5 Å². The molecule has 0 aliphatic carbocycles. The maximum absolute atomic E-state index is 11.0. The Labute approximate surface area is 182 Å². The maximum atomic E-state index is 11.0. The molecular formula is C25H30N2O4. The highest BCUT2D eigenvalue weighted by Gasteiger charge is 2.43. The summed E-state index contributed by atoms with van der Waals surface area (Å²) in [5, 5.41) is 22.8. The molecular weight excluding hydrogens is 392 g/mol. The second kappa shape index (κ2) is 7.86. The third-order valence-electron chi connectivity index (χ3n) is 6.96. The lowest BCUT2D eigenvalue weighted by atomic mass is 9.81. The van der Waals surface area contributed by atoms with Crippen molar-refractivity contribution in [1.82, 2.24) is 9.47 Å². The van der Waals surface area contributed by atoms with E-state index in [9.17, 15) is 10.2 Å². The number of β-amino-alcohol motifs (C(OH)–C–C–N with tert-alkyl or cyclic N) is 1. The Morgan fingerprint density at radius 2 is 1.97 bits per heavy atom. The molecule has 0 saturated carbocycles. The first-order chi connectivity index (χ1) is 15.0. The molecule has 0 unspecified atom stereocenters. The van der Waals surface area contributed by atoms with E-state index in [4.69, 9.17) is 9.47 Å². The zero-order valence-corrected chi connectivity index (χ0v) is 18.1. The predicted molar refractivity (Wildman–Crippen MR) is 119 cm³/mol. The second-order valence-corrected chi connectivity index (χ2v) is 8.94. The van der Waals surface area contributed by atoms with Crippen LogP contribution in [-0.4, -0.2) is 52.0 Å². The molecule has 31 heavy (non-hydrogen) atoms. The SMILES string of the molecule is COc1ccc2c(c1)OC1(CCN(C[C@H](O)c3cn(C)c4ccccc34)CC1)C[C@H]2O. The average Bonchev–Trinajstić information content (AvgIpc) is 3.12. The Morgan fingerprint density at radius 3 is 2.74 bits per heavy atom. The Hall–Kier alpha value is -2.54. The van der Waals surface area contributed by atoms with Crippen LogP contribution in [0.15, 0.2) is 48.7 Å². The third-order valence-corrected chi connectivity index (χ3v) is 6.96. The zero-order chi connectivity index (χ0) is 21.6. The molecule has 1 aromatic heterocycles. The van der Waals surface area contributed by atoms with E-state index in [0.717, 1.165) is 59.5 Å². The molecule has 2 aromatic carbocycles. The standard InChI is InChI=1S/C25H30N2O4/c1-26-15-20(18-5-3-4-6-21(18)26)23(29)16-27-11-9-25(10-12-27)14-22(28)19-8-7-17(30-2)13-24(19)31-25/h3-8,13,15,22-23,28-29H,9-12,14,16H2,1-2H3/t22-,23+/m1/s1. The fourth-order valence-electron chi connectivity index (χ4n) is 5.17. The van der Waals surface area contributed by atoms with Gasteiger partial charge in [-0.15, -0.1) is 0 Å². The van der Waals surface area contributed by atoms with Gasteiger partial charge in [0, 0.05) is 67.4 Å². The number of aromatic nitrogens is 1. The van der Waals surface area contributed by atoms with Crippen LogP contribution in [0, 0.1) is 0 Å². The molecule has 5 rings (SSSR count). The van der Waals surface area contributed by atoms with Crippen LogP contribution in [0.1, 0.15) is 42.6 Å². The van der Waals surface area contributed by atoms with Gasteiger partial charge in [0.25, 0.3) is 0 Å². The van der Waals surface area contributed by atoms with Gasteiger partial charge in [-0.2, -0.15) is 0 Å². The quantitative estimate of drug-likeness (QED) is 0.673. The number of aliphatic hydroxyl groups is 2. The molecule has 6 nitrogen and oxygen atoms in total. The number of rotatable bonds is 4. The van der Waals surface area contributed by atoms with E-state index in [-0.39, 0.29) is 5.60 Å². The van der Waals surface area contributed by atoms with Crippen molar-refractivity contribution in [1.29, 1.82) is 0 Å². The number of likely N-dealkylation sites (tertiary alicyclic amines) is 1. The normalized spacial score (nSPS) is 21.6. The number of para-hydroxylation sites is 1. The van der Waals surface area contributed by atoms with E-state index in [1.165, 1.54) is 0 Å². The Kier molecular flexibility index (Phi) is 5.16. The van der Waals surface area contributed by atoms with Crippen LogP contribution < -0.4 is 9.47 Å². The van der Waals surface area contributed by atoms with Crippen LogP contribution in [0.2, 0.25) is 0 Å². The lowest BCUT2D eigenvalue weighted by Crippen LogP contribution is -2.51. The smallest absolute Gasteiger partial charge is 0.129 e. The summed E-state index contributed by atoms with van der Waals surface area (Å²) in [6.45, 7) is 2.25. The number of hydrogen-bond acceptors (Lipinski definition) is 5. The van der Waals surface area contributed by atoms with E-state index < -0.39 is 12.2 Å². The van der Waals surface area contributed by atoms with Crippen LogP contribution in [-0.2, 0) is 7.05 Å². The van der Waals surface area contributed by atoms with Crippen LogP contribution >= 0.6 is 0 Å². The molecule has 0 amide bonds. The van der Waals surface area contributed by atoms with Gasteiger partial charge < -0.3 is 29.2 Å². The molecule has 1 saturated heterocycles. The summed E-state index contributed by atoms with van der Waals surface area (Å²) < 4.78 is 13.8. The van der Waals surface area contributed by atoms with Gasteiger partial charge >= 0.3 is 0 Å². The fourth-order valence-corrected chi connectivity index (χ4v) is 5.17. The second-order valence-electron chi connectivity index (χ2n) is 8.94. The van der Waals surface area contributed by atoms with Crippen molar-refractivity contribution in [2.45, 2.75) is 37.1 Å². The lowest BCUT2D eigenvalue weighted by molar-refractivity contribution is -0.0588. The lowest BCUT2D eigenvalue weighted by Gasteiger charge is -2.46. The van der Waals surface area contributed by atoms with Crippen LogP contribution in [0.5, 0.6) is 11.5 Å². The van der Waals surface area contributed by atoms with Crippen molar-refractivity contribution in [2.24, 2.45) is 7.05 Å². The molecule has 164 valence electrons. The summed E-state index contributed by atoms with van der Waals surface area (Å²) in [5.74, 6) is 1.46. The molecule has 0 bridgehead atoms. The first-order valence-electron chi connectivity index (χ1n) is 11.0. The van der Waals surface area contributed by atoms with Gasteiger partial charge in [0.2, 0.25) is 0 Å². The minimum absolute atomic E-state index is 0.361. The summed E-state index contributed by atoms with van der Waals surface area (Å²) in [7, 11) is 3.65. The molecule has 2 aliphatic heterocycles. The predicted octanol–water partition coefficient (Wildman–Crippen LogP) is 3.57. The van der Waals surface area contributed by atoms with Gasteiger partial charge in [-0.3, -0.25) is 0 Å². The number of aliphatic hydroxyl groups excluding tert-OH is 2. The van der Waals surface area contributed by atoms with Crippen LogP contribution in [0.3, 0.4) is 0 Å². The van der Waals surface area contributed by atoms with Gasteiger partial charge in [-0.1, -0.05) is 18.2 Å². The summed E-state index contributed by atoms with van der Waals surface area (Å²) in [6.07, 6.45) is 3.22. The van der Waals surface area contributed by atoms with E-state index in [0.29, 0.717) is 13.0 Å². The minimum Gasteiger partial charge on any atom is -0.497 e. The molecule has 3 aromatic rings. The van der Waals surface area contributed by atoms with Crippen LogP contribution in [0.25, 0.3) is 10.9 Å². The minimum atomic E-state index is -0.539. The topological polar surface area (TPSA) is 67.1 Å². The molecule has 3 heterocycles. The molecule has 2 aliphatic rings. The number of piperidine rings is 1. The van der Waals surface area contributed by atoms with Gasteiger partial charge in [0.15, 0.2) is 0 Å². The van der Waals surface area contributed by atoms with Gasteiger partial charge in [-0.05, 0) is 31.0 Å². The van der Waals surface area contributed by atoms with E-state index in [1.807, 2.05) is 43.6 Å². The molecule has 6 heteroatoms. The first kappa shape index (κ1) is 20.4. The highest BCUT2D eigenvalue weighted by Crippen LogP contribution is 2.45. The summed E-state index contributed by atoms with van der Waals surface area (Å²) in [4.78, 5) is 2.30. The molecule has 0 radical (unpaired) electrons. The molecule has 2 atom stereocenters. The molecule has 1 spiro atoms. The van der Waals surface area contributed by atoms with E-state index in [2.05, 4.69) is 21.6 Å². The number of hydrogen-bond donors (Lipinski definition) is 2. The van der Waals surface area contributed by atoms with Gasteiger partial charge in [0.05, 0.1) is 19.3 Å². The number of methoxy groups -OCH3 is 1. The van der Waals surface area contributed by atoms with Crippen LogP contribution in [0.4, 0.5) is 0 Å². The number of benzene rings is 2. The van der Waals surface area contributed by atoms with Crippen molar-refractivity contribution in [3.63, 3.8) is 0 Å². The van der Waals surface area contributed by atoms with Crippen molar-refractivity contribution < 1.29 is 19.7 Å². The Bertz CT molecular complexity index is 1080. The number of ether oxygens (including phenoxy) is 2. The average molecular weight is 423 g/mol. The third kappa shape index (κ3) is 3.69. The highest BCUT2D eigenvalue weighted by molar-refractivity contribution is 5.84. The monoisotopic (exact) mass is 422 g/mol. The van der Waals surface area contributed by atoms with Gasteiger partial charge in [0.1, 0.15) is 17.1 Å². The summed E-state index contributed by atoms with van der Waals surface area (Å²) in [6, 6.07) is 13.8. The molecule has 1 fully saturated rings. The zero-order valence-electron chi connectivity index (χ0n) is 18.1. The summed E-state index contributed by atoms with van der Waals surface area (Å²) in [5.41, 5.74) is 2.58. The highest BCUT2D eigenvalue weighted by atomic mass is 16.5. The Balaban J connectivity index is 1.27. The summed E-state index contributed by atoms with van der Waals surface area (Å²) >= 11 is 0. The number of fused-ring (bicyclic) bond motifs is 2.